The van der Waals surface area contributed by atoms with E-state index in [-0.39, 0.29) is 5.69 Å². The van der Waals surface area contributed by atoms with Gasteiger partial charge in [0.15, 0.2) is 5.69 Å². The lowest BCUT2D eigenvalue weighted by atomic mass is 10.4. The van der Waals surface area contributed by atoms with Gasteiger partial charge in [0.1, 0.15) is 0 Å². The summed E-state index contributed by atoms with van der Waals surface area (Å²) in [7, 11) is 0. The number of hydrogen-bond acceptors (Lipinski definition) is 4. The van der Waals surface area contributed by atoms with Gasteiger partial charge in [-0.2, -0.15) is 0 Å². The number of nitrogens with two attached hydrogens (primary N) is 1. The van der Waals surface area contributed by atoms with Crippen molar-refractivity contribution in [3.8, 4) is 0 Å². The highest BCUT2D eigenvalue weighted by atomic mass is 19.3. The molecule has 1 aromatic heterocycles. The number of nitrogens with one attached hydrogen (secondary N) is 1. The topological polar surface area (TPSA) is 85.8 Å². The van der Waals surface area contributed by atoms with Gasteiger partial charge in [0.05, 0.1) is 19.3 Å². The first-order chi connectivity index (χ1) is 7.13. The predicted molar refractivity (Wildman–Crippen MR) is 47.4 cm³/mol. The van der Waals surface area contributed by atoms with Crippen LogP contribution in [-0.4, -0.2) is 40.4 Å². The van der Waals surface area contributed by atoms with E-state index in [2.05, 4.69) is 10.3 Å². The molecular formula is C7H11F2N5O. The van der Waals surface area contributed by atoms with Crippen LogP contribution < -0.4 is 11.1 Å². The number of halogens is 2. The average molecular weight is 219 g/mol. The summed E-state index contributed by atoms with van der Waals surface area (Å²) in [5.41, 5.74) is 5.26. The van der Waals surface area contributed by atoms with Gasteiger partial charge < -0.3 is 11.1 Å². The first-order valence-electron chi connectivity index (χ1n) is 4.30. The Hall–Kier alpha value is -1.57. The standard InChI is InChI=1S/C7H11F2N5O/c8-6(9)3-11-7(15)5-4-14(2-1-10)13-12-5/h4,6H,1-3,10H2,(H,11,15). The van der Waals surface area contributed by atoms with E-state index in [1.807, 2.05) is 5.32 Å². The number of alkyl halides is 2. The smallest absolute Gasteiger partial charge is 0.273 e. The molecule has 6 nitrogen and oxygen atoms in total. The van der Waals surface area contributed by atoms with E-state index >= 15 is 0 Å². The van der Waals surface area contributed by atoms with E-state index in [0.29, 0.717) is 13.1 Å². The molecule has 0 fully saturated rings. The minimum absolute atomic E-state index is 0.00380. The molecule has 0 aliphatic heterocycles. The largest absolute Gasteiger partial charge is 0.345 e. The SMILES string of the molecule is NCCn1cc(C(=O)NCC(F)F)nn1. The molecule has 0 aromatic carbocycles. The van der Waals surface area contributed by atoms with Crippen molar-refractivity contribution in [2.45, 2.75) is 13.0 Å². The van der Waals surface area contributed by atoms with Crippen LogP contribution in [0.5, 0.6) is 0 Å². The minimum atomic E-state index is -2.58. The Balaban J connectivity index is 2.50. The summed E-state index contributed by atoms with van der Waals surface area (Å²) < 4.78 is 24.9. The second kappa shape index (κ2) is 5.35. The van der Waals surface area contributed by atoms with Crippen LogP contribution in [0.15, 0.2) is 6.20 Å². The van der Waals surface area contributed by atoms with E-state index in [1.165, 1.54) is 10.9 Å². The van der Waals surface area contributed by atoms with Gasteiger partial charge >= 0.3 is 0 Å². The van der Waals surface area contributed by atoms with Gasteiger partial charge in [-0.3, -0.25) is 9.48 Å². The third-order valence-corrected chi connectivity index (χ3v) is 1.55. The fraction of sp³-hybridized carbons (Fsp3) is 0.571. The molecule has 15 heavy (non-hydrogen) atoms. The van der Waals surface area contributed by atoms with Crippen LogP contribution in [-0.2, 0) is 6.54 Å². The van der Waals surface area contributed by atoms with Crippen molar-refractivity contribution in [1.29, 1.82) is 0 Å². The summed E-state index contributed by atoms with van der Waals surface area (Å²) in [6, 6.07) is 0. The molecule has 1 heterocycles. The Kier molecular flexibility index (Phi) is 4.10. The molecule has 1 aromatic rings. The molecule has 0 bridgehead atoms. The quantitative estimate of drug-likeness (QED) is 0.681. The predicted octanol–water partition coefficient (Wildman–Crippen LogP) is -0.768. The zero-order valence-corrected chi connectivity index (χ0v) is 7.86. The zero-order chi connectivity index (χ0) is 11.3. The molecule has 0 aliphatic rings. The number of hydrogen-bond donors (Lipinski definition) is 2. The Bertz CT molecular complexity index is 327. The maximum Gasteiger partial charge on any atom is 0.273 e. The maximum absolute atomic E-state index is 11.8. The Labute approximate surface area is 84.4 Å². The fourth-order valence-electron chi connectivity index (χ4n) is 0.904. The number of amides is 1. The van der Waals surface area contributed by atoms with Crippen LogP contribution in [0.25, 0.3) is 0 Å². The number of carbonyl (C=O) groups is 1. The van der Waals surface area contributed by atoms with Crippen LogP contribution in [0.2, 0.25) is 0 Å². The fourth-order valence-corrected chi connectivity index (χ4v) is 0.904. The van der Waals surface area contributed by atoms with Gasteiger partial charge in [0.2, 0.25) is 0 Å². The molecule has 84 valence electrons. The summed E-state index contributed by atoms with van der Waals surface area (Å²) in [5, 5.41) is 9.12. The molecule has 0 radical (unpaired) electrons. The van der Waals surface area contributed by atoms with E-state index in [9.17, 15) is 13.6 Å². The summed E-state index contributed by atoms with van der Waals surface area (Å²) in [6.45, 7) is 0.0964. The third kappa shape index (κ3) is 3.58. The normalized spacial score (nSPS) is 10.7. The van der Waals surface area contributed by atoms with Crippen molar-refractivity contribution in [3.05, 3.63) is 11.9 Å². The molecule has 0 atom stereocenters. The summed E-state index contributed by atoms with van der Waals surface area (Å²) in [6.07, 6.45) is -1.22. The average Bonchev–Trinajstić information content (AvgIpc) is 2.63. The van der Waals surface area contributed by atoms with Crippen LogP contribution in [0.3, 0.4) is 0 Å². The van der Waals surface area contributed by atoms with Crippen molar-refractivity contribution in [3.63, 3.8) is 0 Å². The number of nitrogens with zero attached hydrogens (tertiary/aromatic N) is 3. The highest BCUT2D eigenvalue weighted by Gasteiger charge is 2.12. The highest BCUT2D eigenvalue weighted by molar-refractivity contribution is 5.91. The molecule has 0 unspecified atom stereocenters. The van der Waals surface area contributed by atoms with Gasteiger partial charge in [-0.25, -0.2) is 8.78 Å². The monoisotopic (exact) mass is 219 g/mol. The van der Waals surface area contributed by atoms with Gasteiger partial charge in [0.25, 0.3) is 12.3 Å². The minimum Gasteiger partial charge on any atom is -0.345 e. The third-order valence-electron chi connectivity index (χ3n) is 1.55. The molecule has 0 saturated heterocycles. The molecule has 1 rings (SSSR count). The van der Waals surface area contributed by atoms with Crippen molar-refractivity contribution < 1.29 is 13.6 Å². The van der Waals surface area contributed by atoms with Gasteiger partial charge in [0, 0.05) is 6.54 Å². The first kappa shape index (κ1) is 11.5. The van der Waals surface area contributed by atoms with Gasteiger partial charge in [-0.05, 0) is 0 Å². The van der Waals surface area contributed by atoms with Crippen molar-refractivity contribution in [1.82, 2.24) is 20.3 Å². The molecule has 0 saturated carbocycles. The number of carbonyl (C=O) groups excluding carboxylic acids is 1. The Morgan fingerprint density at radius 1 is 1.67 bits per heavy atom. The molecule has 3 N–H and O–H groups in total. The summed E-state index contributed by atoms with van der Waals surface area (Å²) >= 11 is 0. The number of aromatic nitrogens is 3. The Morgan fingerprint density at radius 2 is 2.40 bits per heavy atom. The lowest BCUT2D eigenvalue weighted by Gasteiger charge is -2.00. The van der Waals surface area contributed by atoms with E-state index in [4.69, 9.17) is 5.73 Å². The van der Waals surface area contributed by atoms with Crippen LogP contribution >= 0.6 is 0 Å². The van der Waals surface area contributed by atoms with Crippen molar-refractivity contribution in [2.24, 2.45) is 5.73 Å². The lowest BCUT2D eigenvalue weighted by Crippen LogP contribution is -2.28. The molecule has 0 spiro atoms. The first-order valence-corrected chi connectivity index (χ1v) is 4.30. The van der Waals surface area contributed by atoms with E-state index in [0.717, 1.165) is 0 Å². The lowest BCUT2D eigenvalue weighted by molar-refractivity contribution is 0.0887. The van der Waals surface area contributed by atoms with E-state index in [1.54, 1.807) is 0 Å². The summed E-state index contributed by atoms with van der Waals surface area (Å²) in [4.78, 5) is 11.2. The number of rotatable bonds is 5. The second-order valence-electron chi connectivity index (χ2n) is 2.76. The molecular weight excluding hydrogens is 208 g/mol. The highest BCUT2D eigenvalue weighted by Crippen LogP contribution is 1.94. The van der Waals surface area contributed by atoms with Crippen LogP contribution in [0, 0.1) is 0 Å². The van der Waals surface area contributed by atoms with Crippen LogP contribution in [0.1, 0.15) is 10.5 Å². The summed E-state index contributed by atoms with van der Waals surface area (Å²) in [5.74, 6) is -0.668. The second-order valence-corrected chi connectivity index (χ2v) is 2.76. The molecule has 1 amide bonds. The van der Waals surface area contributed by atoms with Gasteiger partial charge in [-0.15, -0.1) is 5.10 Å². The van der Waals surface area contributed by atoms with E-state index < -0.39 is 18.9 Å². The van der Waals surface area contributed by atoms with Crippen molar-refractivity contribution >= 4 is 5.91 Å². The molecule has 8 heteroatoms. The Morgan fingerprint density at radius 3 is 3.00 bits per heavy atom. The zero-order valence-electron chi connectivity index (χ0n) is 7.86. The van der Waals surface area contributed by atoms with Gasteiger partial charge in [-0.1, -0.05) is 5.21 Å². The maximum atomic E-state index is 11.8. The van der Waals surface area contributed by atoms with Crippen LogP contribution in [0.4, 0.5) is 8.78 Å². The molecule has 0 aliphatic carbocycles. The van der Waals surface area contributed by atoms with Crippen molar-refractivity contribution in [2.75, 3.05) is 13.1 Å².